The fourth-order valence-corrected chi connectivity index (χ4v) is 2.85. The average Bonchev–Trinajstić information content (AvgIpc) is 2.76. The van der Waals surface area contributed by atoms with E-state index < -0.39 is 0 Å². The predicted molar refractivity (Wildman–Crippen MR) is 59.5 cm³/mol. The third kappa shape index (κ3) is 1.96. The van der Waals surface area contributed by atoms with E-state index in [-0.39, 0.29) is 12.0 Å². The molecular formula is C12H20N2O2. The fourth-order valence-electron chi connectivity index (χ4n) is 2.85. The third-order valence-corrected chi connectivity index (χ3v) is 4.18. The molecule has 3 fully saturated rings. The molecule has 2 aliphatic heterocycles. The van der Waals surface area contributed by atoms with Crippen LogP contribution in [0.15, 0.2) is 0 Å². The minimum Gasteiger partial charge on any atom is -0.316 e. The van der Waals surface area contributed by atoms with Crippen molar-refractivity contribution in [3.8, 4) is 0 Å². The second kappa shape index (κ2) is 4.34. The summed E-state index contributed by atoms with van der Waals surface area (Å²) >= 11 is 0. The van der Waals surface area contributed by atoms with E-state index in [4.69, 9.17) is 4.84 Å². The summed E-state index contributed by atoms with van der Waals surface area (Å²) in [4.78, 5) is 17.6. The number of nitrogens with one attached hydrogen (secondary N) is 1. The molecule has 0 spiro atoms. The molecule has 2 atom stereocenters. The number of nitrogens with zero attached hydrogens (tertiary/aromatic N) is 1. The van der Waals surface area contributed by atoms with Crippen molar-refractivity contribution in [2.45, 2.75) is 38.2 Å². The first-order chi connectivity index (χ1) is 7.83. The van der Waals surface area contributed by atoms with Crippen molar-refractivity contribution >= 4 is 5.91 Å². The Kier molecular flexibility index (Phi) is 2.86. The molecule has 2 unspecified atom stereocenters. The Morgan fingerprint density at radius 1 is 1.38 bits per heavy atom. The fraction of sp³-hybridized carbons (Fsp3) is 0.917. The second-order valence-electron chi connectivity index (χ2n) is 5.35. The van der Waals surface area contributed by atoms with Gasteiger partial charge in [0, 0.05) is 0 Å². The van der Waals surface area contributed by atoms with Crippen molar-refractivity contribution in [3.63, 3.8) is 0 Å². The minimum absolute atomic E-state index is 0.190. The van der Waals surface area contributed by atoms with Gasteiger partial charge in [0.25, 0.3) is 0 Å². The molecule has 16 heavy (non-hydrogen) atoms. The largest absolute Gasteiger partial charge is 0.316 e. The SMILES string of the molecule is O=C1CC(C2CCC2)ON1CC1CCNC1. The number of hydroxylamine groups is 2. The molecule has 0 bridgehead atoms. The van der Waals surface area contributed by atoms with Crippen LogP contribution < -0.4 is 5.32 Å². The summed E-state index contributed by atoms with van der Waals surface area (Å²) < 4.78 is 0. The van der Waals surface area contributed by atoms with E-state index in [2.05, 4.69) is 5.32 Å². The predicted octanol–water partition coefficient (Wildman–Crippen LogP) is 0.928. The topological polar surface area (TPSA) is 41.6 Å². The normalized spacial score (nSPS) is 35.8. The molecule has 1 amide bonds. The Bertz CT molecular complexity index is 272. The minimum atomic E-state index is 0.190. The molecule has 2 heterocycles. The van der Waals surface area contributed by atoms with Crippen molar-refractivity contribution in [3.05, 3.63) is 0 Å². The summed E-state index contributed by atoms with van der Waals surface area (Å²) in [7, 11) is 0. The lowest BCUT2D eigenvalue weighted by Crippen LogP contribution is -2.32. The maximum atomic E-state index is 11.8. The van der Waals surface area contributed by atoms with Crippen LogP contribution in [0.3, 0.4) is 0 Å². The number of hydrogen-bond donors (Lipinski definition) is 1. The number of rotatable bonds is 3. The Hall–Kier alpha value is -0.610. The highest BCUT2D eigenvalue weighted by molar-refractivity contribution is 5.77. The summed E-state index contributed by atoms with van der Waals surface area (Å²) in [6.45, 7) is 2.90. The zero-order chi connectivity index (χ0) is 11.0. The van der Waals surface area contributed by atoms with Gasteiger partial charge in [0.2, 0.25) is 5.91 Å². The molecule has 0 aromatic carbocycles. The van der Waals surface area contributed by atoms with Gasteiger partial charge in [-0.05, 0) is 44.2 Å². The lowest BCUT2D eigenvalue weighted by Gasteiger charge is -2.30. The van der Waals surface area contributed by atoms with Gasteiger partial charge in [0.1, 0.15) is 0 Å². The highest BCUT2D eigenvalue weighted by Crippen LogP contribution is 2.36. The quantitative estimate of drug-likeness (QED) is 0.775. The standard InChI is InChI=1S/C12H20N2O2/c15-12-6-11(10-2-1-3-10)16-14(12)8-9-4-5-13-7-9/h9-11,13H,1-8H2. The molecule has 1 saturated carbocycles. The van der Waals surface area contributed by atoms with E-state index in [0.717, 1.165) is 19.6 Å². The smallest absolute Gasteiger partial charge is 0.248 e. The van der Waals surface area contributed by atoms with Crippen molar-refractivity contribution in [1.82, 2.24) is 10.4 Å². The highest BCUT2D eigenvalue weighted by Gasteiger charge is 2.39. The molecule has 0 radical (unpaired) electrons. The van der Waals surface area contributed by atoms with Crippen LogP contribution in [0.1, 0.15) is 32.1 Å². The number of carbonyl (C=O) groups is 1. The summed E-state index contributed by atoms with van der Waals surface area (Å²) in [6.07, 6.45) is 5.78. The maximum absolute atomic E-state index is 11.8. The Morgan fingerprint density at radius 3 is 2.88 bits per heavy atom. The molecule has 4 heteroatoms. The van der Waals surface area contributed by atoms with Crippen molar-refractivity contribution < 1.29 is 9.63 Å². The molecular weight excluding hydrogens is 204 g/mol. The Morgan fingerprint density at radius 2 is 2.25 bits per heavy atom. The summed E-state index contributed by atoms with van der Waals surface area (Å²) in [5, 5.41) is 4.96. The molecule has 3 aliphatic rings. The highest BCUT2D eigenvalue weighted by atomic mass is 16.7. The molecule has 0 aromatic heterocycles. The van der Waals surface area contributed by atoms with E-state index in [1.54, 1.807) is 5.06 Å². The van der Waals surface area contributed by atoms with Gasteiger partial charge in [-0.15, -0.1) is 0 Å². The Balaban J connectivity index is 1.53. The third-order valence-electron chi connectivity index (χ3n) is 4.18. The van der Waals surface area contributed by atoms with Crippen LogP contribution in [0, 0.1) is 11.8 Å². The van der Waals surface area contributed by atoms with E-state index in [1.807, 2.05) is 0 Å². The first kappa shape index (κ1) is 10.5. The molecule has 1 aliphatic carbocycles. The van der Waals surface area contributed by atoms with Crippen LogP contribution >= 0.6 is 0 Å². The van der Waals surface area contributed by atoms with Gasteiger partial charge >= 0.3 is 0 Å². The zero-order valence-corrected chi connectivity index (χ0v) is 9.65. The molecule has 1 N–H and O–H groups in total. The van der Waals surface area contributed by atoms with E-state index in [0.29, 0.717) is 18.3 Å². The first-order valence-electron chi connectivity index (χ1n) is 6.51. The number of hydrogen-bond acceptors (Lipinski definition) is 3. The molecule has 0 aromatic rings. The van der Waals surface area contributed by atoms with Gasteiger partial charge < -0.3 is 5.32 Å². The monoisotopic (exact) mass is 224 g/mol. The van der Waals surface area contributed by atoms with Gasteiger partial charge in [-0.3, -0.25) is 9.63 Å². The molecule has 3 rings (SSSR count). The number of amides is 1. The van der Waals surface area contributed by atoms with Crippen LogP contribution in [0.25, 0.3) is 0 Å². The zero-order valence-electron chi connectivity index (χ0n) is 9.65. The molecule has 4 nitrogen and oxygen atoms in total. The van der Waals surface area contributed by atoms with Crippen LogP contribution in [0.5, 0.6) is 0 Å². The van der Waals surface area contributed by atoms with Gasteiger partial charge in [-0.25, -0.2) is 5.06 Å². The summed E-state index contributed by atoms with van der Waals surface area (Å²) in [5.74, 6) is 1.43. The van der Waals surface area contributed by atoms with E-state index in [9.17, 15) is 4.79 Å². The summed E-state index contributed by atoms with van der Waals surface area (Å²) in [5.41, 5.74) is 0. The van der Waals surface area contributed by atoms with E-state index >= 15 is 0 Å². The van der Waals surface area contributed by atoms with E-state index in [1.165, 1.54) is 25.7 Å². The maximum Gasteiger partial charge on any atom is 0.248 e. The second-order valence-corrected chi connectivity index (χ2v) is 5.35. The lowest BCUT2D eigenvalue weighted by molar-refractivity contribution is -0.186. The Labute approximate surface area is 96.3 Å². The first-order valence-corrected chi connectivity index (χ1v) is 6.51. The van der Waals surface area contributed by atoms with Crippen molar-refractivity contribution in [2.24, 2.45) is 11.8 Å². The average molecular weight is 224 g/mol. The van der Waals surface area contributed by atoms with Crippen molar-refractivity contribution in [1.29, 1.82) is 0 Å². The number of carbonyl (C=O) groups excluding carboxylic acids is 1. The van der Waals surface area contributed by atoms with Gasteiger partial charge in [-0.1, -0.05) is 6.42 Å². The van der Waals surface area contributed by atoms with Crippen LogP contribution in [0.4, 0.5) is 0 Å². The van der Waals surface area contributed by atoms with Crippen LogP contribution in [-0.4, -0.2) is 36.7 Å². The van der Waals surface area contributed by atoms with Crippen LogP contribution in [-0.2, 0) is 9.63 Å². The molecule has 2 saturated heterocycles. The van der Waals surface area contributed by atoms with Gasteiger partial charge in [0.15, 0.2) is 0 Å². The van der Waals surface area contributed by atoms with Crippen LogP contribution in [0.2, 0.25) is 0 Å². The van der Waals surface area contributed by atoms with Gasteiger partial charge in [0.05, 0.1) is 19.1 Å². The lowest BCUT2D eigenvalue weighted by atomic mass is 9.80. The van der Waals surface area contributed by atoms with Gasteiger partial charge in [-0.2, -0.15) is 0 Å². The van der Waals surface area contributed by atoms with Crippen molar-refractivity contribution in [2.75, 3.05) is 19.6 Å². The summed E-state index contributed by atoms with van der Waals surface area (Å²) in [6, 6.07) is 0. The molecule has 90 valence electrons.